The van der Waals surface area contributed by atoms with Crippen molar-refractivity contribution in [1.82, 2.24) is 0 Å². The molecule has 2 heteroatoms. The van der Waals surface area contributed by atoms with Crippen molar-refractivity contribution in [3.8, 4) is 0 Å². The van der Waals surface area contributed by atoms with Crippen LogP contribution < -0.4 is 5.73 Å². The van der Waals surface area contributed by atoms with Crippen molar-refractivity contribution in [3.63, 3.8) is 0 Å². The molecule has 0 amide bonds. The summed E-state index contributed by atoms with van der Waals surface area (Å²) in [4.78, 5) is 0. The van der Waals surface area contributed by atoms with E-state index in [1.807, 2.05) is 11.8 Å². The molecule has 0 spiro atoms. The molecule has 1 unspecified atom stereocenters. The molecule has 0 bridgehead atoms. The Bertz CT molecular complexity index is 107. The van der Waals surface area contributed by atoms with Gasteiger partial charge >= 0.3 is 0 Å². The van der Waals surface area contributed by atoms with E-state index in [2.05, 4.69) is 27.7 Å². The molecule has 2 N–H and O–H groups in total. The highest BCUT2D eigenvalue weighted by molar-refractivity contribution is 7.99. The van der Waals surface area contributed by atoms with Crippen LogP contribution in [0.3, 0.4) is 0 Å². The van der Waals surface area contributed by atoms with E-state index in [1.54, 1.807) is 0 Å². The Balaban J connectivity index is 3.22. The first-order valence-electron chi connectivity index (χ1n) is 4.79. The second-order valence-corrected chi connectivity index (χ2v) is 5.70. The second-order valence-electron chi connectivity index (χ2n) is 4.55. The van der Waals surface area contributed by atoms with Crippen LogP contribution in [0.15, 0.2) is 0 Å². The summed E-state index contributed by atoms with van der Waals surface area (Å²) >= 11 is 1.99. The molecule has 12 heavy (non-hydrogen) atoms. The maximum Gasteiger partial charge on any atom is 0.0127 e. The standard InChI is InChI=1S/C10H23NS/c1-5-9(11)8-12-7-6-10(2,3)4/h9H,5-8,11H2,1-4H3. The van der Waals surface area contributed by atoms with Gasteiger partial charge in [0.1, 0.15) is 0 Å². The fraction of sp³-hybridized carbons (Fsp3) is 1.00. The quantitative estimate of drug-likeness (QED) is 0.673. The maximum absolute atomic E-state index is 5.80. The van der Waals surface area contributed by atoms with Crippen molar-refractivity contribution < 1.29 is 0 Å². The summed E-state index contributed by atoms with van der Waals surface area (Å²) in [6.45, 7) is 9.00. The van der Waals surface area contributed by atoms with E-state index in [1.165, 1.54) is 12.2 Å². The van der Waals surface area contributed by atoms with E-state index < -0.39 is 0 Å². The summed E-state index contributed by atoms with van der Waals surface area (Å²) < 4.78 is 0. The van der Waals surface area contributed by atoms with E-state index in [0.29, 0.717) is 11.5 Å². The van der Waals surface area contributed by atoms with Crippen LogP contribution in [-0.2, 0) is 0 Å². The Morgan fingerprint density at radius 1 is 1.33 bits per heavy atom. The van der Waals surface area contributed by atoms with Crippen LogP contribution >= 0.6 is 11.8 Å². The van der Waals surface area contributed by atoms with E-state index in [-0.39, 0.29) is 0 Å². The monoisotopic (exact) mass is 189 g/mol. The SMILES string of the molecule is CCC(N)CSCCC(C)(C)C. The van der Waals surface area contributed by atoms with Crippen LogP contribution in [0, 0.1) is 5.41 Å². The van der Waals surface area contributed by atoms with Gasteiger partial charge in [-0.2, -0.15) is 11.8 Å². The Hall–Kier alpha value is 0.310. The first kappa shape index (κ1) is 12.3. The minimum Gasteiger partial charge on any atom is -0.327 e. The minimum atomic E-state index is 0.398. The van der Waals surface area contributed by atoms with Gasteiger partial charge in [0.25, 0.3) is 0 Å². The number of rotatable bonds is 5. The lowest BCUT2D eigenvalue weighted by Gasteiger charge is -2.17. The summed E-state index contributed by atoms with van der Waals surface area (Å²) in [5, 5.41) is 0. The van der Waals surface area contributed by atoms with Crippen LogP contribution in [0.1, 0.15) is 40.5 Å². The second kappa shape index (κ2) is 5.87. The van der Waals surface area contributed by atoms with Gasteiger partial charge in [-0.25, -0.2) is 0 Å². The normalized spacial score (nSPS) is 14.8. The third kappa shape index (κ3) is 8.41. The highest BCUT2D eigenvalue weighted by atomic mass is 32.2. The molecule has 0 aromatic heterocycles. The molecule has 0 saturated carbocycles. The topological polar surface area (TPSA) is 26.0 Å². The Kier molecular flexibility index (Phi) is 6.02. The van der Waals surface area contributed by atoms with Crippen molar-refractivity contribution in [2.45, 2.75) is 46.6 Å². The van der Waals surface area contributed by atoms with E-state index in [0.717, 1.165) is 12.2 Å². The highest BCUT2D eigenvalue weighted by Gasteiger charge is 2.09. The third-order valence-corrected chi connectivity index (χ3v) is 3.01. The Morgan fingerprint density at radius 2 is 1.92 bits per heavy atom. The van der Waals surface area contributed by atoms with Crippen LogP contribution in [0.25, 0.3) is 0 Å². The average Bonchev–Trinajstić information content (AvgIpc) is 1.96. The average molecular weight is 189 g/mol. The molecule has 0 aromatic carbocycles. The lowest BCUT2D eigenvalue weighted by atomic mass is 9.94. The van der Waals surface area contributed by atoms with Crippen LogP contribution in [0.5, 0.6) is 0 Å². The van der Waals surface area contributed by atoms with Crippen LogP contribution in [0.2, 0.25) is 0 Å². The van der Waals surface area contributed by atoms with Gasteiger partial charge in [0.05, 0.1) is 0 Å². The van der Waals surface area contributed by atoms with Gasteiger partial charge in [-0.3, -0.25) is 0 Å². The fourth-order valence-electron chi connectivity index (χ4n) is 0.731. The van der Waals surface area contributed by atoms with E-state index >= 15 is 0 Å². The largest absolute Gasteiger partial charge is 0.327 e. The molecule has 74 valence electrons. The zero-order valence-corrected chi connectivity index (χ0v) is 9.71. The fourth-order valence-corrected chi connectivity index (χ4v) is 2.19. The molecule has 0 aromatic rings. The molecular weight excluding hydrogens is 166 g/mol. The number of nitrogens with two attached hydrogens (primary N) is 1. The molecule has 1 nitrogen and oxygen atoms in total. The summed E-state index contributed by atoms with van der Waals surface area (Å²) in [5.74, 6) is 2.36. The minimum absolute atomic E-state index is 0.398. The Labute approximate surface area is 81.5 Å². The molecule has 1 atom stereocenters. The molecule has 0 rings (SSSR count). The zero-order chi connectivity index (χ0) is 9.61. The molecule has 0 fully saturated rings. The predicted octanol–water partition coefficient (Wildman–Crippen LogP) is 2.89. The van der Waals surface area contributed by atoms with Crippen molar-refractivity contribution in [2.75, 3.05) is 11.5 Å². The van der Waals surface area contributed by atoms with E-state index in [4.69, 9.17) is 5.73 Å². The molecule has 0 radical (unpaired) electrons. The first-order chi connectivity index (χ1) is 5.45. The molecule has 0 aliphatic heterocycles. The van der Waals surface area contributed by atoms with Gasteiger partial charge in [0, 0.05) is 11.8 Å². The lowest BCUT2D eigenvalue weighted by molar-refractivity contribution is 0.401. The molecular formula is C10H23NS. The van der Waals surface area contributed by atoms with Gasteiger partial charge in [-0.1, -0.05) is 27.7 Å². The first-order valence-corrected chi connectivity index (χ1v) is 5.94. The zero-order valence-electron chi connectivity index (χ0n) is 8.89. The summed E-state index contributed by atoms with van der Waals surface area (Å²) in [6.07, 6.45) is 2.39. The van der Waals surface area contributed by atoms with Gasteiger partial charge in [0.15, 0.2) is 0 Å². The lowest BCUT2D eigenvalue weighted by Crippen LogP contribution is -2.21. The van der Waals surface area contributed by atoms with Crippen LogP contribution in [-0.4, -0.2) is 17.5 Å². The maximum atomic E-state index is 5.80. The molecule has 0 aliphatic rings. The Morgan fingerprint density at radius 3 is 2.33 bits per heavy atom. The van der Waals surface area contributed by atoms with Gasteiger partial charge < -0.3 is 5.73 Å². The molecule has 0 aliphatic carbocycles. The van der Waals surface area contributed by atoms with E-state index in [9.17, 15) is 0 Å². The van der Waals surface area contributed by atoms with Crippen molar-refractivity contribution in [3.05, 3.63) is 0 Å². The van der Waals surface area contributed by atoms with Crippen LogP contribution in [0.4, 0.5) is 0 Å². The summed E-state index contributed by atoms with van der Waals surface area (Å²) in [6, 6.07) is 0.398. The third-order valence-electron chi connectivity index (χ3n) is 1.85. The predicted molar refractivity (Wildman–Crippen MR) is 59.7 cm³/mol. The van der Waals surface area contributed by atoms with Gasteiger partial charge in [-0.05, 0) is 24.0 Å². The van der Waals surface area contributed by atoms with Gasteiger partial charge in [0.2, 0.25) is 0 Å². The molecule has 0 saturated heterocycles. The smallest absolute Gasteiger partial charge is 0.0127 e. The number of hydrogen-bond acceptors (Lipinski definition) is 2. The molecule has 0 heterocycles. The number of hydrogen-bond donors (Lipinski definition) is 1. The summed E-state index contributed by atoms with van der Waals surface area (Å²) in [7, 11) is 0. The van der Waals surface area contributed by atoms with Crippen molar-refractivity contribution in [1.29, 1.82) is 0 Å². The van der Waals surface area contributed by atoms with Crippen molar-refractivity contribution in [2.24, 2.45) is 11.1 Å². The van der Waals surface area contributed by atoms with Gasteiger partial charge in [-0.15, -0.1) is 0 Å². The number of thioether (sulfide) groups is 1. The summed E-state index contributed by atoms with van der Waals surface area (Å²) in [5.41, 5.74) is 6.28. The van der Waals surface area contributed by atoms with Crippen molar-refractivity contribution >= 4 is 11.8 Å². The highest BCUT2D eigenvalue weighted by Crippen LogP contribution is 2.21.